The predicted molar refractivity (Wildman–Crippen MR) is 382 cm³/mol. The zero-order chi connectivity index (χ0) is 63.9. The molecular formula is C87H66Ir3N6-6. The number of benzene rings is 9. The molecule has 477 valence electrons. The fourth-order valence-electron chi connectivity index (χ4n) is 9.79. The zero-order valence-corrected chi connectivity index (χ0v) is 60.3. The Morgan fingerprint density at radius 3 is 0.844 bits per heavy atom. The molecule has 6 heterocycles. The first-order chi connectivity index (χ1) is 45.9. The van der Waals surface area contributed by atoms with Crippen LogP contribution in [0.2, 0.25) is 0 Å². The van der Waals surface area contributed by atoms with E-state index in [1.165, 1.54) is 50.1 Å². The van der Waals surface area contributed by atoms with Crippen molar-refractivity contribution in [2.24, 2.45) is 0 Å². The molecule has 0 aliphatic rings. The Morgan fingerprint density at radius 2 is 0.521 bits per heavy atom. The Hall–Kier alpha value is -10.2. The SMILES string of the molecule is Cc1cc(-c2[c-]cccc2)ncc1-c1ccccc1.Cc1cc(C)cc(-c2ccnc(-c3[c-]cccc3)c2)c1.[Ir].[Ir].[Ir].[c-]1ccccc1-c1cc(-c2ccccc2)ccn1.[c-]1ccccc1-c1ccccn1.[c-]1ccccc1-c1ccccn1.[c-]1ccccc1-c1ccccn1. The molecule has 0 saturated carbocycles. The molecule has 0 unspecified atom stereocenters. The minimum Gasteiger partial charge on any atom is -0.305 e. The first kappa shape index (κ1) is 73.2. The van der Waals surface area contributed by atoms with E-state index < -0.39 is 0 Å². The van der Waals surface area contributed by atoms with Gasteiger partial charge in [-0.25, -0.2) is 0 Å². The molecule has 3 radical (unpaired) electrons. The molecule has 0 amide bonds. The number of hydrogen-bond acceptors (Lipinski definition) is 6. The van der Waals surface area contributed by atoms with E-state index in [9.17, 15) is 0 Å². The van der Waals surface area contributed by atoms with Crippen molar-refractivity contribution in [3.8, 4) is 101 Å². The smallest absolute Gasteiger partial charge is 0.0242 e. The molecule has 0 bridgehead atoms. The Labute approximate surface area is 606 Å². The van der Waals surface area contributed by atoms with Gasteiger partial charge in [0.05, 0.1) is 0 Å². The van der Waals surface area contributed by atoms with E-state index in [2.05, 4.69) is 154 Å². The summed E-state index contributed by atoms with van der Waals surface area (Å²) in [6, 6.07) is 122. The van der Waals surface area contributed by atoms with Gasteiger partial charge in [-0.2, -0.15) is 0 Å². The van der Waals surface area contributed by atoms with Gasteiger partial charge in [-0.3, -0.25) is 0 Å². The van der Waals surface area contributed by atoms with Crippen LogP contribution in [0.25, 0.3) is 101 Å². The van der Waals surface area contributed by atoms with E-state index >= 15 is 0 Å². The zero-order valence-electron chi connectivity index (χ0n) is 53.1. The van der Waals surface area contributed by atoms with Crippen LogP contribution in [0.3, 0.4) is 0 Å². The van der Waals surface area contributed by atoms with Crippen LogP contribution in [0.4, 0.5) is 0 Å². The van der Waals surface area contributed by atoms with Gasteiger partial charge >= 0.3 is 0 Å². The van der Waals surface area contributed by atoms with Crippen LogP contribution in [0.5, 0.6) is 0 Å². The summed E-state index contributed by atoms with van der Waals surface area (Å²) in [6.45, 7) is 6.38. The van der Waals surface area contributed by atoms with E-state index in [1.54, 1.807) is 18.6 Å². The number of aromatic nitrogens is 6. The third-order valence-corrected chi connectivity index (χ3v) is 14.3. The van der Waals surface area contributed by atoms with Crippen LogP contribution in [0.15, 0.2) is 347 Å². The molecule has 0 N–H and O–H groups in total. The summed E-state index contributed by atoms with van der Waals surface area (Å²) in [7, 11) is 0. The minimum atomic E-state index is 0. The summed E-state index contributed by atoms with van der Waals surface area (Å²) in [5, 5.41) is 0. The summed E-state index contributed by atoms with van der Waals surface area (Å²) < 4.78 is 0. The molecule has 6 nitrogen and oxygen atoms in total. The molecule has 0 aliphatic carbocycles. The van der Waals surface area contributed by atoms with Gasteiger partial charge in [0.25, 0.3) is 0 Å². The molecule has 0 spiro atoms. The number of pyridine rings is 6. The molecule has 15 rings (SSSR count). The van der Waals surface area contributed by atoms with E-state index in [0.29, 0.717) is 0 Å². The predicted octanol–water partition coefficient (Wildman–Crippen LogP) is 21.2. The monoisotopic (exact) mass is 1770 g/mol. The van der Waals surface area contributed by atoms with Crippen LogP contribution in [-0.2, 0) is 60.3 Å². The minimum absolute atomic E-state index is 0. The maximum Gasteiger partial charge on any atom is 0.0242 e. The maximum atomic E-state index is 4.55. The Kier molecular flexibility index (Phi) is 30.6. The van der Waals surface area contributed by atoms with Crippen molar-refractivity contribution in [2.45, 2.75) is 20.8 Å². The van der Waals surface area contributed by atoms with E-state index in [1.807, 2.05) is 261 Å². The summed E-state index contributed by atoms with van der Waals surface area (Å²) in [6.07, 6.45) is 11.0. The molecule has 0 fully saturated rings. The second-order valence-electron chi connectivity index (χ2n) is 21.2. The Balaban J connectivity index is 0.000000164. The fourth-order valence-corrected chi connectivity index (χ4v) is 9.79. The molecule has 9 aromatic carbocycles. The maximum absolute atomic E-state index is 4.55. The van der Waals surface area contributed by atoms with Crippen LogP contribution in [0, 0.1) is 57.2 Å². The topological polar surface area (TPSA) is 77.3 Å². The van der Waals surface area contributed by atoms with Crippen LogP contribution in [-0.4, -0.2) is 29.9 Å². The van der Waals surface area contributed by atoms with Gasteiger partial charge in [0.2, 0.25) is 0 Å². The molecule has 96 heavy (non-hydrogen) atoms. The van der Waals surface area contributed by atoms with Crippen molar-refractivity contribution in [1.29, 1.82) is 0 Å². The van der Waals surface area contributed by atoms with Gasteiger partial charge in [0, 0.05) is 103 Å². The summed E-state index contributed by atoms with van der Waals surface area (Å²) in [4.78, 5) is 26.1. The van der Waals surface area contributed by atoms with Crippen LogP contribution < -0.4 is 0 Å². The second kappa shape index (κ2) is 40.2. The number of rotatable bonds is 9. The van der Waals surface area contributed by atoms with Crippen LogP contribution >= 0.6 is 0 Å². The van der Waals surface area contributed by atoms with E-state index in [-0.39, 0.29) is 60.3 Å². The molecule has 15 aromatic rings. The number of aryl methyl sites for hydroxylation is 3. The van der Waals surface area contributed by atoms with Gasteiger partial charge in [-0.15, -0.1) is 215 Å². The van der Waals surface area contributed by atoms with Crippen molar-refractivity contribution in [1.82, 2.24) is 29.9 Å². The number of hydrogen-bond donors (Lipinski definition) is 0. The van der Waals surface area contributed by atoms with Gasteiger partial charge in [0.1, 0.15) is 0 Å². The normalized spacial score (nSPS) is 9.78. The fraction of sp³-hybridized carbons (Fsp3) is 0.0345. The molecule has 9 heteroatoms. The van der Waals surface area contributed by atoms with Crippen molar-refractivity contribution >= 4 is 0 Å². The third-order valence-electron chi connectivity index (χ3n) is 14.3. The van der Waals surface area contributed by atoms with Gasteiger partial charge in [-0.1, -0.05) is 145 Å². The van der Waals surface area contributed by atoms with Gasteiger partial charge in [0.15, 0.2) is 0 Å². The van der Waals surface area contributed by atoms with Gasteiger partial charge in [-0.05, 0) is 119 Å². The molecule has 0 atom stereocenters. The van der Waals surface area contributed by atoms with Crippen molar-refractivity contribution in [2.75, 3.05) is 0 Å². The molecule has 0 saturated heterocycles. The Morgan fingerprint density at radius 1 is 0.219 bits per heavy atom. The standard InChI is InChI=1S/C19H16N.C18H14N.C17H12N.3C11H8N.3Ir/c1-14-10-15(2)12-18(11-14)17-8-9-20-19(13-17)16-6-4-3-5-7-16;1-14-12-18(16-10-6-3-7-11-16)19-13-17(14)15-8-4-2-5-9-15;1-3-7-14(8-4-1)16-11-12-18-17(13-16)15-9-5-2-6-10-15;3*1-2-6-10(7-3-1)11-8-4-5-9-12-11;;;/h3-6,8-13H,1-2H3;2-10,12-13H,1H3;1-9,11-13H;3*1-6,8-9H;;;/q6*-1;;;. The summed E-state index contributed by atoms with van der Waals surface area (Å²) in [5.41, 5.74) is 23.0. The second-order valence-corrected chi connectivity index (χ2v) is 21.2. The van der Waals surface area contributed by atoms with E-state index in [4.69, 9.17) is 0 Å². The van der Waals surface area contributed by atoms with Crippen molar-refractivity contribution < 1.29 is 60.3 Å². The van der Waals surface area contributed by atoms with Crippen LogP contribution in [0.1, 0.15) is 16.7 Å². The van der Waals surface area contributed by atoms with Crippen molar-refractivity contribution in [3.63, 3.8) is 0 Å². The Bertz CT molecular complexity index is 4230. The molecular weight excluding hydrogens is 1710 g/mol. The first-order valence-electron chi connectivity index (χ1n) is 30.5. The summed E-state index contributed by atoms with van der Waals surface area (Å²) >= 11 is 0. The van der Waals surface area contributed by atoms with Crippen molar-refractivity contribution in [3.05, 3.63) is 400 Å². The molecule has 6 aromatic heterocycles. The number of nitrogens with zero attached hydrogens (tertiary/aromatic N) is 6. The van der Waals surface area contributed by atoms with E-state index in [0.717, 1.165) is 67.5 Å². The van der Waals surface area contributed by atoms with Gasteiger partial charge < -0.3 is 29.9 Å². The summed E-state index contributed by atoms with van der Waals surface area (Å²) in [5.74, 6) is 0. The quantitative estimate of drug-likeness (QED) is 0.134. The first-order valence-corrected chi connectivity index (χ1v) is 30.5. The average molecular weight is 1770 g/mol. The largest absolute Gasteiger partial charge is 0.305 e. The average Bonchev–Trinajstić information content (AvgIpc) is 1.00. The third kappa shape index (κ3) is 22.8. The molecule has 0 aliphatic heterocycles.